The van der Waals surface area contributed by atoms with Crippen molar-refractivity contribution in [3.8, 4) is 0 Å². The minimum absolute atomic E-state index is 0.00132. The van der Waals surface area contributed by atoms with Gasteiger partial charge in [0.05, 0.1) is 0 Å². The highest BCUT2D eigenvalue weighted by molar-refractivity contribution is 5.89. The molecule has 0 heterocycles. The molecule has 5 rings (SSSR count). The lowest BCUT2D eigenvalue weighted by Gasteiger charge is -2.55. The van der Waals surface area contributed by atoms with E-state index in [1.165, 1.54) is 24.2 Å². The first-order valence-corrected chi connectivity index (χ1v) is 11.1. The molecule has 0 spiro atoms. The fraction of sp³-hybridized carbons (Fsp3) is 0.625. The van der Waals surface area contributed by atoms with E-state index < -0.39 is 12.0 Å². The number of hydrogen-bond donors (Lipinski definition) is 1. The molecular weight excluding hydrogens is 380 g/mol. The number of nitrogens with one attached hydrogen (secondary N) is 1. The lowest BCUT2D eigenvalue weighted by Crippen LogP contribution is -2.56. The van der Waals surface area contributed by atoms with E-state index in [1.54, 1.807) is 14.0 Å². The zero-order valence-electron chi connectivity index (χ0n) is 17.9. The summed E-state index contributed by atoms with van der Waals surface area (Å²) in [5, 5.41) is 2.89. The molecule has 30 heavy (non-hydrogen) atoms. The van der Waals surface area contributed by atoms with Crippen LogP contribution in [0.25, 0.3) is 0 Å². The van der Waals surface area contributed by atoms with Crippen LogP contribution < -0.4 is 5.32 Å². The number of nitrogens with zero attached hydrogens (tertiary/aromatic N) is 1. The van der Waals surface area contributed by atoms with Crippen molar-refractivity contribution in [2.75, 3.05) is 13.7 Å². The Morgan fingerprint density at radius 2 is 1.63 bits per heavy atom. The quantitative estimate of drug-likeness (QED) is 0.699. The van der Waals surface area contributed by atoms with E-state index in [0.29, 0.717) is 24.3 Å². The fourth-order valence-corrected chi connectivity index (χ4v) is 6.11. The summed E-state index contributed by atoms with van der Waals surface area (Å²) in [6, 6.07) is 8.89. The summed E-state index contributed by atoms with van der Waals surface area (Å²) in [5.41, 5.74) is 0.713. The Balaban J connectivity index is 1.25. The molecule has 6 heteroatoms. The van der Waals surface area contributed by atoms with Gasteiger partial charge in [-0.1, -0.05) is 30.3 Å². The monoisotopic (exact) mass is 412 g/mol. The number of amides is 2. The van der Waals surface area contributed by atoms with Crippen molar-refractivity contribution in [3.05, 3.63) is 35.9 Å². The molecule has 4 aliphatic carbocycles. The van der Waals surface area contributed by atoms with Gasteiger partial charge >= 0.3 is 5.97 Å². The van der Waals surface area contributed by atoms with Gasteiger partial charge in [0.2, 0.25) is 5.91 Å². The van der Waals surface area contributed by atoms with Gasteiger partial charge in [-0.15, -0.1) is 0 Å². The van der Waals surface area contributed by atoms with Crippen LogP contribution in [0.15, 0.2) is 30.3 Å². The highest BCUT2D eigenvalue weighted by Gasteiger charge is 2.54. The highest BCUT2D eigenvalue weighted by Crippen LogP contribution is 2.60. The Morgan fingerprint density at radius 3 is 2.20 bits per heavy atom. The van der Waals surface area contributed by atoms with Gasteiger partial charge in [0.1, 0.15) is 6.04 Å². The minimum Gasteiger partial charge on any atom is -0.454 e. The Hall–Kier alpha value is -2.37. The van der Waals surface area contributed by atoms with Gasteiger partial charge in [-0.2, -0.15) is 0 Å². The molecule has 0 aromatic heterocycles. The molecule has 0 aliphatic heterocycles. The molecule has 162 valence electrons. The van der Waals surface area contributed by atoms with Gasteiger partial charge in [-0.25, -0.2) is 4.79 Å². The van der Waals surface area contributed by atoms with Gasteiger partial charge in [0.15, 0.2) is 6.61 Å². The van der Waals surface area contributed by atoms with Gasteiger partial charge in [0.25, 0.3) is 5.91 Å². The van der Waals surface area contributed by atoms with Crippen LogP contribution in [0, 0.1) is 23.2 Å². The molecule has 4 saturated carbocycles. The summed E-state index contributed by atoms with van der Waals surface area (Å²) >= 11 is 0. The Labute approximate surface area is 178 Å². The average molecular weight is 413 g/mol. The van der Waals surface area contributed by atoms with Crippen molar-refractivity contribution in [2.45, 2.75) is 58.0 Å². The van der Waals surface area contributed by atoms with Gasteiger partial charge < -0.3 is 15.0 Å². The molecule has 0 unspecified atom stereocenters. The number of hydrogen-bond acceptors (Lipinski definition) is 4. The lowest BCUT2D eigenvalue weighted by molar-refractivity contribution is -0.156. The molecule has 1 N–H and O–H groups in total. The highest BCUT2D eigenvalue weighted by atomic mass is 16.5. The van der Waals surface area contributed by atoms with E-state index >= 15 is 0 Å². The first-order chi connectivity index (χ1) is 14.3. The predicted octanol–water partition coefficient (Wildman–Crippen LogP) is 2.91. The molecule has 0 saturated heterocycles. The van der Waals surface area contributed by atoms with Gasteiger partial charge in [-0.3, -0.25) is 9.59 Å². The van der Waals surface area contributed by atoms with E-state index in [0.717, 1.165) is 24.8 Å². The Morgan fingerprint density at radius 1 is 1.07 bits per heavy atom. The molecule has 6 nitrogen and oxygen atoms in total. The van der Waals surface area contributed by atoms with Crippen LogP contribution in [0.4, 0.5) is 0 Å². The maximum Gasteiger partial charge on any atom is 0.328 e. The number of ether oxygens (including phenoxy) is 1. The average Bonchev–Trinajstić information content (AvgIpc) is 2.71. The summed E-state index contributed by atoms with van der Waals surface area (Å²) in [6.07, 6.45) is 6.66. The topological polar surface area (TPSA) is 75.7 Å². The molecule has 2 amide bonds. The van der Waals surface area contributed by atoms with Crippen molar-refractivity contribution in [1.82, 2.24) is 10.2 Å². The number of benzene rings is 1. The first-order valence-electron chi connectivity index (χ1n) is 11.1. The number of esters is 1. The standard InChI is InChI=1S/C24H32N2O4/c1-16(22(28)30-15-21(27)26(2)14-17-6-4-3-5-7-17)25-23(29)24-11-18-8-19(12-24)10-20(9-18)13-24/h3-7,16,18-20H,8-15H2,1-2H3,(H,25,29)/t16-,18?,19?,20?,24?/m0/s1. The fourth-order valence-electron chi connectivity index (χ4n) is 6.11. The van der Waals surface area contributed by atoms with Crippen LogP contribution in [-0.4, -0.2) is 42.4 Å². The van der Waals surface area contributed by atoms with Crippen LogP contribution in [0.3, 0.4) is 0 Å². The number of likely N-dealkylation sites (N-methyl/N-ethyl adjacent to an activating group) is 1. The number of carbonyl (C=O) groups is 3. The van der Waals surface area contributed by atoms with E-state index in [-0.39, 0.29) is 23.8 Å². The lowest BCUT2D eigenvalue weighted by atomic mass is 9.49. The van der Waals surface area contributed by atoms with Crippen LogP contribution in [-0.2, 0) is 25.7 Å². The third-order valence-electron chi connectivity index (χ3n) is 7.25. The van der Waals surface area contributed by atoms with Crippen LogP contribution in [0.5, 0.6) is 0 Å². The third-order valence-corrected chi connectivity index (χ3v) is 7.25. The van der Waals surface area contributed by atoms with Crippen molar-refractivity contribution in [2.24, 2.45) is 23.2 Å². The van der Waals surface area contributed by atoms with Crippen LogP contribution >= 0.6 is 0 Å². The molecule has 1 atom stereocenters. The van der Waals surface area contributed by atoms with Crippen molar-refractivity contribution >= 4 is 17.8 Å². The largest absolute Gasteiger partial charge is 0.454 e. The molecule has 0 radical (unpaired) electrons. The number of carbonyl (C=O) groups excluding carboxylic acids is 3. The SMILES string of the molecule is C[C@H](NC(=O)C12CC3CC(CC(C3)C1)C2)C(=O)OCC(=O)N(C)Cc1ccccc1. The van der Waals surface area contributed by atoms with E-state index in [4.69, 9.17) is 4.74 Å². The second-order valence-corrected chi connectivity index (χ2v) is 9.74. The number of rotatable bonds is 7. The molecular formula is C24H32N2O4. The predicted molar refractivity (Wildman–Crippen MR) is 112 cm³/mol. The summed E-state index contributed by atoms with van der Waals surface area (Å²) < 4.78 is 5.20. The van der Waals surface area contributed by atoms with Crippen molar-refractivity contribution in [1.29, 1.82) is 0 Å². The van der Waals surface area contributed by atoms with Gasteiger partial charge in [-0.05, 0) is 68.8 Å². The second-order valence-electron chi connectivity index (χ2n) is 9.74. The van der Waals surface area contributed by atoms with Crippen LogP contribution in [0.2, 0.25) is 0 Å². The minimum atomic E-state index is -0.752. The zero-order valence-corrected chi connectivity index (χ0v) is 17.9. The summed E-state index contributed by atoms with van der Waals surface area (Å²) in [7, 11) is 1.68. The zero-order chi connectivity index (χ0) is 21.3. The molecule has 1 aromatic rings. The van der Waals surface area contributed by atoms with E-state index in [2.05, 4.69) is 5.32 Å². The maximum atomic E-state index is 13.1. The van der Waals surface area contributed by atoms with Crippen LogP contribution in [0.1, 0.15) is 51.0 Å². The summed E-state index contributed by atoms with van der Waals surface area (Å²) in [6.45, 7) is 1.77. The van der Waals surface area contributed by atoms with E-state index in [1.807, 2.05) is 30.3 Å². The van der Waals surface area contributed by atoms with Crippen molar-refractivity contribution in [3.63, 3.8) is 0 Å². The summed E-state index contributed by atoms with van der Waals surface area (Å²) in [5.74, 6) is 1.17. The Bertz CT molecular complexity index is 771. The van der Waals surface area contributed by atoms with E-state index in [9.17, 15) is 14.4 Å². The second kappa shape index (κ2) is 8.40. The van der Waals surface area contributed by atoms with Gasteiger partial charge in [0, 0.05) is 19.0 Å². The normalized spacial score (nSPS) is 29.9. The molecule has 4 aliphatic rings. The smallest absolute Gasteiger partial charge is 0.328 e. The molecule has 4 fully saturated rings. The maximum absolute atomic E-state index is 13.1. The third kappa shape index (κ3) is 4.37. The molecule has 4 bridgehead atoms. The van der Waals surface area contributed by atoms with Crippen molar-refractivity contribution < 1.29 is 19.1 Å². The Kier molecular flexibility index (Phi) is 5.85. The molecule has 1 aromatic carbocycles. The first kappa shape index (κ1) is 20.9. The summed E-state index contributed by atoms with van der Waals surface area (Å²) in [4.78, 5) is 39.3.